The molecule has 1 aliphatic rings. The fourth-order valence-electron chi connectivity index (χ4n) is 3.93. The van der Waals surface area contributed by atoms with Gasteiger partial charge in [0, 0.05) is 43.4 Å². The maximum atomic E-state index is 12.6. The largest absolute Gasteiger partial charge is 0.369 e. The van der Waals surface area contributed by atoms with Gasteiger partial charge in [-0.2, -0.15) is 0 Å². The molecule has 0 atom stereocenters. The van der Waals surface area contributed by atoms with E-state index in [-0.39, 0.29) is 0 Å². The third-order valence-electron chi connectivity index (χ3n) is 5.78. The van der Waals surface area contributed by atoms with Crippen molar-refractivity contribution in [3.05, 3.63) is 83.9 Å². The molecule has 7 heteroatoms. The third kappa shape index (κ3) is 5.90. The van der Waals surface area contributed by atoms with Gasteiger partial charge in [0.15, 0.2) is 0 Å². The maximum absolute atomic E-state index is 12.6. The average molecular weight is 470 g/mol. The summed E-state index contributed by atoms with van der Waals surface area (Å²) in [7, 11) is -3.50. The van der Waals surface area contributed by atoms with Crippen molar-refractivity contribution in [1.29, 1.82) is 0 Å². The molecule has 0 bridgehead atoms. The number of nitrogens with one attached hydrogen (secondary N) is 1. The van der Waals surface area contributed by atoms with E-state index in [1.165, 1.54) is 5.69 Å². The number of anilines is 1. The molecule has 0 unspecified atom stereocenters. The lowest BCUT2D eigenvalue weighted by Crippen LogP contribution is -2.47. The predicted octanol–water partition coefficient (Wildman–Crippen LogP) is 4.50. The molecular formula is C25H28ClN3O2S. The Morgan fingerprint density at radius 3 is 2.06 bits per heavy atom. The summed E-state index contributed by atoms with van der Waals surface area (Å²) in [6, 6.07) is 24.9. The van der Waals surface area contributed by atoms with Crippen molar-refractivity contribution in [2.45, 2.75) is 11.3 Å². The molecule has 1 heterocycles. The van der Waals surface area contributed by atoms with Crippen LogP contribution < -0.4 is 9.62 Å². The van der Waals surface area contributed by atoms with Gasteiger partial charge in [-0.05, 0) is 60.5 Å². The van der Waals surface area contributed by atoms with Crippen molar-refractivity contribution in [3.63, 3.8) is 0 Å². The van der Waals surface area contributed by atoms with Gasteiger partial charge in [-0.1, -0.05) is 54.1 Å². The first-order chi connectivity index (χ1) is 15.5. The monoisotopic (exact) mass is 469 g/mol. The van der Waals surface area contributed by atoms with Crippen LogP contribution in [-0.4, -0.2) is 52.6 Å². The molecular weight excluding hydrogens is 442 g/mol. The Morgan fingerprint density at radius 2 is 1.41 bits per heavy atom. The van der Waals surface area contributed by atoms with E-state index in [1.54, 1.807) is 12.1 Å². The lowest BCUT2D eigenvalue weighted by Gasteiger charge is -2.36. The molecule has 0 radical (unpaired) electrons. The zero-order valence-corrected chi connectivity index (χ0v) is 19.5. The molecule has 3 aromatic rings. The Hall–Kier alpha value is -2.38. The highest BCUT2D eigenvalue weighted by Gasteiger charge is 2.18. The van der Waals surface area contributed by atoms with Crippen LogP contribution in [0.1, 0.15) is 6.42 Å². The van der Waals surface area contributed by atoms with Crippen LogP contribution in [0.4, 0.5) is 5.69 Å². The zero-order chi connectivity index (χ0) is 22.4. The van der Waals surface area contributed by atoms with Gasteiger partial charge < -0.3 is 4.90 Å². The second-order valence-corrected chi connectivity index (χ2v) is 10.2. The number of benzene rings is 3. The molecule has 0 aromatic heterocycles. The standard InChI is InChI=1S/C25H28ClN3O2S/c26-23-9-11-24(12-10-23)29-19-17-28(18-20-29)16-4-15-27-32(30,31)25-13-7-22(8-14-25)21-5-2-1-3-6-21/h1-3,5-14,27H,4,15-20H2. The normalized spacial score (nSPS) is 15.1. The van der Waals surface area contributed by atoms with Gasteiger partial charge in [-0.25, -0.2) is 13.1 Å². The van der Waals surface area contributed by atoms with E-state index in [1.807, 2.05) is 54.6 Å². The highest BCUT2D eigenvalue weighted by molar-refractivity contribution is 7.89. The molecule has 0 amide bonds. The molecule has 1 N–H and O–H groups in total. The first-order valence-electron chi connectivity index (χ1n) is 10.9. The summed E-state index contributed by atoms with van der Waals surface area (Å²) in [6.07, 6.45) is 0.780. The van der Waals surface area contributed by atoms with E-state index in [2.05, 4.69) is 26.7 Å². The van der Waals surface area contributed by atoms with Gasteiger partial charge in [0.2, 0.25) is 10.0 Å². The molecule has 1 fully saturated rings. The van der Waals surface area contributed by atoms with Crippen molar-refractivity contribution in [3.8, 4) is 11.1 Å². The van der Waals surface area contributed by atoms with Crippen LogP contribution in [0.15, 0.2) is 83.8 Å². The SMILES string of the molecule is O=S(=O)(NCCCN1CCN(c2ccc(Cl)cc2)CC1)c1ccc(-c2ccccc2)cc1. The molecule has 3 aromatic carbocycles. The first kappa shape index (κ1) is 22.8. The van der Waals surface area contributed by atoms with Gasteiger partial charge >= 0.3 is 0 Å². The van der Waals surface area contributed by atoms with E-state index in [9.17, 15) is 8.42 Å². The fourth-order valence-corrected chi connectivity index (χ4v) is 5.13. The summed E-state index contributed by atoms with van der Waals surface area (Å²) in [4.78, 5) is 5.04. The smallest absolute Gasteiger partial charge is 0.240 e. The highest BCUT2D eigenvalue weighted by Crippen LogP contribution is 2.21. The topological polar surface area (TPSA) is 52.7 Å². The number of halogens is 1. The molecule has 1 aliphatic heterocycles. The molecule has 4 rings (SSSR count). The Bertz CT molecular complexity index is 1100. The van der Waals surface area contributed by atoms with Crippen LogP contribution in [0.2, 0.25) is 5.02 Å². The third-order valence-corrected chi connectivity index (χ3v) is 7.51. The van der Waals surface area contributed by atoms with Gasteiger partial charge in [0.1, 0.15) is 0 Å². The molecule has 168 valence electrons. The van der Waals surface area contributed by atoms with E-state index in [4.69, 9.17) is 11.6 Å². The summed E-state index contributed by atoms with van der Waals surface area (Å²) in [5, 5.41) is 0.752. The number of piperazine rings is 1. The summed E-state index contributed by atoms with van der Waals surface area (Å²) in [5.74, 6) is 0. The minimum absolute atomic E-state index is 0.300. The van der Waals surface area contributed by atoms with E-state index in [0.29, 0.717) is 11.4 Å². The fraction of sp³-hybridized carbons (Fsp3) is 0.280. The van der Waals surface area contributed by atoms with Crippen LogP contribution in [0.25, 0.3) is 11.1 Å². The predicted molar refractivity (Wildman–Crippen MR) is 132 cm³/mol. The van der Waals surface area contributed by atoms with Crippen molar-refractivity contribution in [1.82, 2.24) is 9.62 Å². The molecule has 0 aliphatic carbocycles. The van der Waals surface area contributed by atoms with Gasteiger partial charge in [0.05, 0.1) is 4.90 Å². The van der Waals surface area contributed by atoms with Gasteiger partial charge in [-0.15, -0.1) is 0 Å². The van der Waals surface area contributed by atoms with E-state index < -0.39 is 10.0 Å². The summed E-state index contributed by atoms with van der Waals surface area (Å²) < 4.78 is 28.0. The molecule has 32 heavy (non-hydrogen) atoms. The second kappa shape index (κ2) is 10.5. The average Bonchev–Trinajstić information content (AvgIpc) is 2.83. The summed E-state index contributed by atoms with van der Waals surface area (Å²) in [6.45, 7) is 5.17. The van der Waals surface area contributed by atoms with Crippen LogP contribution in [-0.2, 0) is 10.0 Å². The highest BCUT2D eigenvalue weighted by atomic mass is 35.5. The Balaban J connectivity index is 1.21. The van der Waals surface area contributed by atoms with Crippen LogP contribution >= 0.6 is 11.6 Å². The van der Waals surface area contributed by atoms with Crippen molar-refractivity contribution in [2.75, 3.05) is 44.2 Å². The van der Waals surface area contributed by atoms with Gasteiger partial charge in [0.25, 0.3) is 0 Å². The van der Waals surface area contributed by atoms with Crippen LogP contribution in [0, 0.1) is 0 Å². The molecule has 1 saturated heterocycles. The first-order valence-corrected chi connectivity index (χ1v) is 12.8. The van der Waals surface area contributed by atoms with Crippen molar-refractivity contribution in [2.24, 2.45) is 0 Å². The number of nitrogens with zero attached hydrogens (tertiary/aromatic N) is 2. The number of rotatable bonds is 8. The number of hydrogen-bond acceptors (Lipinski definition) is 4. The maximum Gasteiger partial charge on any atom is 0.240 e. The minimum atomic E-state index is -3.50. The Labute approximate surface area is 195 Å². The Morgan fingerprint density at radius 1 is 0.781 bits per heavy atom. The van der Waals surface area contributed by atoms with E-state index >= 15 is 0 Å². The molecule has 5 nitrogen and oxygen atoms in total. The lowest BCUT2D eigenvalue weighted by atomic mass is 10.1. The minimum Gasteiger partial charge on any atom is -0.369 e. The molecule has 0 saturated carbocycles. The Kier molecular flexibility index (Phi) is 7.48. The number of sulfonamides is 1. The van der Waals surface area contributed by atoms with Crippen molar-refractivity contribution >= 4 is 27.3 Å². The molecule has 0 spiro atoms. The summed E-state index contributed by atoms with van der Waals surface area (Å²) in [5.41, 5.74) is 3.27. The number of hydrogen-bond donors (Lipinski definition) is 1. The summed E-state index contributed by atoms with van der Waals surface area (Å²) >= 11 is 5.97. The lowest BCUT2D eigenvalue weighted by molar-refractivity contribution is 0.255. The van der Waals surface area contributed by atoms with E-state index in [0.717, 1.165) is 55.3 Å². The van der Waals surface area contributed by atoms with Crippen molar-refractivity contribution < 1.29 is 8.42 Å². The van der Waals surface area contributed by atoms with Gasteiger partial charge in [-0.3, -0.25) is 4.90 Å². The van der Waals surface area contributed by atoms with Crippen LogP contribution in [0.3, 0.4) is 0 Å². The van der Waals surface area contributed by atoms with Crippen LogP contribution in [0.5, 0.6) is 0 Å². The second-order valence-electron chi connectivity index (χ2n) is 7.95. The quantitative estimate of drug-likeness (QED) is 0.493. The zero-order valence-electron chi connectivity index (χ0n) is 18.0.